The van der Waals surface area contributed by atoms with Gasteiger partial charge in [-0.1, -0.05) is 42.5 Å². The number of carbonyl (C=O) groups is 1. The highest BCUT2D eigenvalue weighted by Crippen LogP contribution is 2.31. The van der Waals surface area contributed by atoms with E-state index in [0.29, 0.717) is 18.9 Å². The standard InChI is InChI=1S/C21H27N3O2.2ClH/c1-26-20-10-6-5-9-19(20)24-12-11-17(15-24)14-23-21(25)18(22)13-16-7-3-2-4-8-16;;/h2-10,17-18H,11-15,22H2,1H3,(H,23,25);2*1H. The molecule has 0 aromatic heterocycles. The Hall–Kier alpha value is -1.95. The minimum Gasteiger partial charge on any atom is -0.495 e. The number of benzene rings is 2. The molecule has 2 atom stereocenters. The van der Waals surface area contributed by atoms with Crippen molar-refractivity contribution in [3.63, 3.8) is 0 Å². The average Bonchev–Trinajstić information content (AvgIpc) is 3.15. The van der Waals surface area contributed by atoms with Gasteiger partial charge >= 0.3 is 0 Å². The highest BCUT2D eigenvalue weighted by Gasteiger charge is 2.25. The van der Waals surface area contributed by atoms with Crippen LogP contribution >= 0.6 is 24.8 Å². The predicted molar refractivity (Wildman–Crippen MR) is 119 cm³/mol. The summed E-state index contributed by atoms with van der Waals surface area (Å²) >= 11 is 0. The maximum Gasteiger partial charge on any atom is 0.237 e. The lowest BCUT2D eigenvalue weighted by molar-refractivity contribution is -0.122. The second-order valence-corrected chi connectivity index (χ2v) is 6.81. The third-order valence-corrected chi connectivity index (χ3v) is 4.91. The van der Waals surface area contributed by atoms with Crippen LogP contribution in [0, 0.1) is 5.92 Å². The van der Waals surface area contributed by atoms with E-state index >= 15 is 0 Å². The van der Waals surface area contributed by atoms with Gasteiger partial charge in [-0.15, -0.1) is 24.8 Å². The average molecular weight is 426 g/mol. The molecule has 0 radical (unpaired) electrons. The molecule has 5 nitrogen and oxygen atoms in total. The summed E-state index contributed by atoms with van der Waals surface area (Å²) in [6, 6.07) is 17.4. The molecular formula is C21H29Cl2N3O2. The largest absolute Gasteiger partial charge is 0.495 e. The molecule has 2 aromatic rings. The predicted octanol–water partition coefficient (Wildman–Crippen LogP) is 3.05. The number of ether oxygens (including phenoxy) is 1. The van der Waals surface area contributed by atoms with Gasteiger partial charge in [0, 0.05) is 19.6 Å². The topological polar surface area (TPSA) is 67.6 Å². The number of methoxy groups -OCH3 is 1. The van der Waals surface area contributed by atoms with Gasteiger partial charge in [-0.05, 0) is 36.5 Å². The molecular weight excluding hydrogens is 397 g/mol. The Bertz CT molecular complexity index is 731. The molecule has 1 fully saturated rings. The monoisotopic (exact) mass is 425 g/mol. The number of hydrogen-bond acceptors (Lipinski definition) is 4. The van der Waals surface area contributed by atoms with Crippen molar-refractivity contribution in [2.75, 3.05) is 31.6 Å². The zero-order valence-electron chi connectivity index (χ0n) is 16.0. The van der Waals surface area contributed by atoms with Crippen LogP contribution in [0.4, 0.5) is 5.69 Å². The van der Waals surface area contributed by atoms with Crippen LogP contribution in [-0.2, 0) is 11.2 Å². The van der Waals surface area contributed by atoms with Gasteiger partial charge in [0.2, 0.25) is 5.91 Å². The van der Waals surface area contributed by atoms with Crippen LogP contribution in [0.5, 0.6) is 5.75 Å². The lowest BCUT2D eigenvalue weighted by Crippen LogP contribution is -2.44. The number of nitrogens with one attached hydrogen (secondary N) is 1. The molecule has 1 heterocycles. The first kappa shape index (κ1) is 24.1. The molecule has 0 spiro atoms. The maximum atomic E-state index is 12.3. The summed E-state index contributed by atoms with van der Waals surface area (Å²) in [6.07, 6.45) is 1.61. The Morgan fingerprint density at radius 3 is 2.57 bits per heavy atom. The highest BCUT2D eigenvalue weighted by atomic mass is 35.5. The van der Waals surface area contributed by atoms with E-state index in [1.807, 2.05) is 48.5 Å². The molecule has 7 heteroatoms. The lowest BCUT2D eigenvalue weighted by atomic mass is 10.1. The summed E-state index contributed by atoms with van der Waals surface area (Å²) in [5.74, 6) is 1.24. The Morgan fingerprint density at radius 1 is 1.18 bits per heavy atom. The van der Waals surface area contributed by atoms with Gasteiger partial charge in [0.1, 0.15) is 5.75 Å². The third-order valence-electron chi connectivity index (χ3n) is 4.91. The Kier molecular flexibility index (Phi) is 10.1. The van der Waals surface area contributed by atoms with Gasteiger partial charge in [-0.3, -0.25) is 4.79 Å². The van der Waals surface area contributed by atoms with Crippen molar-refractivity contribution in [1.82, 2.24) is 5.32 Å². The van der Waals surface area contributed by atoms with Gasteiger partial charge in [0.15, 0.2) is 0 Å². The van der Waals surface area contributed by atoms with Crippen LogP contribution in [0.1, 0.15) is 12.0 Å². The van der Waals surface area contributed by atoms with E-state index in [1.165, 1.54) is 0 Å². The minimum atomic E-state index is -0.510. The Labute approximate surface area is 179 Å². The van der Waals surface area contributed by atoms with E-state index in [1.54, 1.807) is 7.11 Å². The molecule has 154 valence electrons. The van der Waals surface area contributed by atoms with Crippen LogP contribution in [0.25, 0.3) is 0 Å². The van der Waals surface area contributed by atoms with Crippen molar-refractivity contribution in [3.8, 4) is 5.75 Å². The van der Waals surface area contributed by atoms with Crippen LogP contribution in [0.15, 0.2) is 54.6 Å². The van der Waals surface area contributed by atoms with Gasteiger partial charge < -0.3 is 20.7 Å². The normalized spacial score (nSPS) is 16.5. The van der Waals surface area contributed by atoms with Crippen LogP contribution < -0.4 is 20.7 Å². The van der Waals surface area contributed by atoms with Crippen LogP contribution in [0.3, 0.4) is 0 Å². The molecule has 2 unspecified atom stereocenters. The summed E-state index contributed by atoms with van der Waals surface area (Å²) in [7, 11) is 1.70. The number of rotatable bonds is 7. The second-order valence-electron chi connectivity index (χ2n) is 6.81. The summed E-state index contributed by atoms with van der Waals surface area (Å²) in [6.45, 7) is 2.54. The quantitative estimate of drug-likeness (QED) is 0.714. The molecule has 3 rings (SSSR count). The van der Waals surface area contributed by atoms with E-state index < -0.39 is 6.04 Å². The van der Waals surface area contributed by atoms with E-state index in [4.69, 9.17) is 10.5 Å². The van der Waals surface area contributed by atoms with E-state index in [0.717, 1.165) is 36.5 Å². The lowest BCUT2D eigenvalue weighted by Gasteiger charge is -2.21. The highest BCUT2D eigenvalue weighted by molar-refractivity contribution is 5.85. The number of anilines is 1. The van der Waals surface area contributed by atoms with E-state index in [2.05, 4.69) is 16.3 Å². The number of halogens is 2. The smallest absolute Gasteiger partial charge is 0.237 e. The summed E-state index contributed by atoms with van der Waals surface area (Å²) in [5, 5.41) is 3.02. The first-order valence-corrected chi connectivity index (χ1v) is 9.12. The first-order chi connectivity index (χ1) is 12.7. The molecule has 1 aliphatic heterocycles. The summed E-state index contributed by atoms with van der Waals surface area (Å²) < 4.78 is 5.45. The summed E-state index contributed by atoms with van der Waals surface area (Å²) in [5.41, 5.74) is 8.25. The zero-order chi connectivity index (χ0) is 18.4. The number of carbonyl (C=O) groups excluding carboxylic acids is 1. The molecule has 0 bridgehead atoms. The summed E-state index contributed by atoms with van der Waals surface area (Å²) in [4.78, 5) is 14.6. The maximum absolute atomic E-state index is 12.3. The zero-order valence-corrected chi connectivity index (χ0v) is 17.7. The molecule has 2 aromatic carbocycles. The Morgan fingerprint density at radius 2 is 1.86 bits per heavy atom. The molecule has 0 aliphatic carbocycles. The molecule has 1 saturated heterocycles. The van der Waals surface area contributed by atoms with Crippen molar-refractivity contribution in [2.45, 2.75) is 18.9 Å². The fourth-order valence-corrected chi connectivity index (χ4v) is 3.45. The van der Waals surface area contributed by atoms with E-state index in [-0.39, 0.29) is 30.7 Å². The van der Waals surface area contributed by atoms with E-state index in [9.17, 15) is 4.79 Å². The minimum absolute atomic E-state index is 0. The van der Waals surface area contributed by atoms with Gasteiger partial charge in [0.25, 0.3) is 0 Å². The molecule has 1 aliphatic rings. The van der Waals surface area contributed by atoms with Crippen LogP contribution in [-0.4, -0.2) is 38.7 Å². The first-order valence-electron chi connectivity index (χ1n) is 9.12. The van der Waals surface area contributed by atoms with Crippen molar-refractivity contribution >= 4 is 36.4 Å². The number of hydrogen-bond donors (Lipinski definition) is 2. The number of nitrogens with zero attached hydrogens (tertiary/aromatic N) is 1. The van der Waals surface area contributed by atoms with Crippen molar-refractivity contribution in [3.05, 3.63) is 60.2 Å². The van der Waals surface area contributed by atoms with Crippen molar-refractivity contribution in [1.29, 1.82) is 0 Å². The van der Waals surface area contributed by atoms with Gasteiger partial charge in [-0.2, -0.15) is 0 Å². The number of amides is 1. The van der Waals surface area contributed by atoms with Gasteiger partial charge in [0.05, 0.1) is 18.8 Å². The molecule has 0 saturated carbocycles. The fraction of sp³-hybridized carbons (Fsp3) is 0.381. The molecule has 3 N–H and O–H groups in total. The number of para-hydroxylation sites is 2. The fourth-order valence-electron chi connectivity index (χ4n) is 3.45. The Balaban J connectivity index is 0.00000196. The molecule has 1 amide bonds. The van der Waals surface area contributed by atoms with Gasteiger partial charge in [-0.25, -0.2) is 0 Å². The SMILES string of the molecule is COc1ccccc1N1CCC(CNC(=O)C(N)Cc2ccccc2)C1.Cl.Cl. The molecule has 28 heavy (non-hydrogen) atoms. The van der Waals surface area contributed by atoms with Crippen LogP contribution in [0.2, 0.25) is 0 Å². The number of nitrogens with two attached hydrogens (primary N) is 1. The van der Waals surface area contributed by atoms with Crippen molar-refractivity contribution < 1.29 is 9.53 Å². The third kappa shape index (κ3) is 6.30. The second kappa shape index (κ2) is 11.8. The van der Waals surface area contributed by atoms with Crippen molar-refractivity contribution in [2.24, 2.45) is 11.7 Å².